The molecule has 1 aromatic carbocycles. The van der Waals surface area contributed by atoms with Gasteiger partial charge in [-0.05, 0) is 37.3 Å². The largest absolute Gasteiger partial charge is 0.333 e. The number of nitrogens with zero attached hydrogens (tertiary/aromatic N) is 1. The number of hydrogen-bond donors (Lipinski definition) is 0. The summed E-state index contributed by atoms with van der Waals surface area (Å²) in [7, 11) is 0. The maximum absolute atomic E-state index is 5.51. The van der Waals surface area contributed by atoms with Crippen molar-refractivity contribution in [3.8, 4) is 12.3 Å². The summed E-state index contributed by atoms with van der Waals surface area (Å²) < 4.78 is 2.34. The second-order valence-electron chi connectivity index (χ2n) is 4.79. The molecule has 1 aliphatic carbocycles. The van der Waals surface area contributed by atoms with E-state index in [2.05, 4.69) is 34.8 Å². The molecule has 0 N–H and O–H groups in total. The molecule has 1 aliphatic rings. The van der Waals surface area contributed by atoms with Crippen LogP contribution in [0.25, 0.3) is 10.9 Å². The molecule has 1 heterocycles. The van der Waals surface area contributed by atoms with Crippen LogP contribution in [0, 0.1) is 12.3 Å². The lowest BCUT2D eigenvalue weighted by atomic mass is 10.1. The van der Waals surface area contributed by atoms with Gasteiger partial charge in [-0.1, -0.05) is 30.5 Å². The summed E-state index contributed by atoms with van der Waals surface area (Å²) in [5.41, 5.74) is 4.35. The lowest BCUT2D eigenvalue weighted by molar-refractivity contribution is 0.693. The van der Waals surface area contributed by atoms with Crippen molar-refractivity contribution in [1.29, 1.82) is 0 Å². The first kappa shape index (κ1) is 10.5. The predicted molar refractivity (Wildman–Crippen MR) is 72.0 cm³/mol. The van der Waals surface area contributed by atoms with Gasteiger partial charge in [0, 0.05) is 16.6 Å². The van der Waals surface area contributed by atoms with Crippen molar-refractivity contribution < 1.29 is 0 Å². The van der Waals surface area contributed by atoms with Gasteiger partial charge in [-0.15, -0.1) is 6.42 Å². The van der Waals surface area contributed by atoms with Crippen LogP contribution in [-0.4, -0.2) is 4.57 Å². The highest BCUT2D eigenvalue weighted by Crippen LogP contribution is 2.31. The summed E-state index contributed by atoms with van der Waals surface area (Å²) in [6.45, 7) is 0.704. The highest BCUT2D eigenvalue weighted by atomic mass is 15.0. The Hall–Kier alpha value is -1.68. The lowest BCUT2D eigenvalue weighted by Gasteiger charge is -2.06. The standard InChI is InChI=1S/C16H17N/c1-2-12-17-15-10-5-3-4-8-13(15)14-9-6-7-11-16(14)17/h1,6-7,9,11H,3-5,8,10,12H2. The van der Waals surface area contributed by atoms with Crippen LogP contribution in [0.15, 0.2) is 24.3 Å². The number of terminal acetylenes is 1. The second-order valence-corrected chi connectivity index (χ2v) is 4.79. The van der Waals surface area contributed by atoms with Crippen LogP contribution in [-0.2, 0) is 19.4 Å². The molecule has 3 rings (SSSR count). The van der Waals surface area contributed by atoms with E-state index in [-0.39, 0.29) is 0 Å². The summed E-state index contributed by atoms with van der Waals surface area (Å²) in [4.78, 5) is 0. The molecule has 0 radical (unpaired) electrons. The van der Waals surface area contributed by atoms with Crippen molar-refractivity contribution >= 4 is 10.9 Å². The molecule has 17 heavy (non-hydrogen) atoms. The molecule has 0 spiro atoms. The van der Waals surface area contributed by atoms with Gasteiger partial charge < -0.3 is 4.57 Å². The van der Waals surface area contributed by atoms with E-state index in [0.29, 0.717) is 6.54 Å². The Balaban J connectivity index is 2.29. The monoisotopic (exact) mass is 223 g/mol. The van der Waals surface area contributed by atoms with Gasteiger partial charge in [-0.25, -0.2) is 0 Å². The molecular formula is C16H17N. The fourth-order valence-corrected chi connectivity index (χ4v) is 3.04. The van der Waals surface area contributed by atoms with Gasteiger partial charge in [0.2, 0.25) is 0 Å². The highest BCUT2D eigenvalue weighted by Gasteiger charge is 2.17. The number of hydrogen-bond acceptors (Lipinski definition) is 0. The average Bonchev–Trinajstić information content (AvgIpc) is 2.55. The number of aromatic nitrogens is 1. The number of rotatable bonds is 1. The third kappa shape index (κ3) is 1.65. The third-order valence-corrected chi connectivity index (χ3v) is 3.78. The van der Waals surface area contributed by atoms with Gasteiger partial charge >= 0.3 is 0 Å². The molecule has 1 heteroatoms. The third-order valence-electron chi connectivity index (χ3n) is 3.78. The van der Waals surface area contributed by atoms with Crippen LogP contribution < -0.4 is 0 Å². The molecule has 0 saturated heterocycles. The van der Waals surface area contributed by atoms with Gasteiger partial charge in [0.1, 0.15) is 0 Å². The van der Waals surface area contributed by atoms with E-state index in [1.807, 2.05) is 0 Å². The van der Waals surface area contributed by atoms with Gasteiger partial charge in [0.15, 0.2) is 0 Å². The van der Waals surface area contributed by atoms with Crippen LogP contribution in [0.3, 0.4) is 0 Å². The van der Waals surface area contributed by atoms with E-state index < -0.39 is 0 Å². The SMILES string of the molecule is C#CCn1c2c(c3ccccc31)CCCCC2. The van der Waals surface area contributed by atoms with E-state index in [1.54, 1.807) is 5.56 Å². The Morgan fingerprint density at radius 2 is 1.94 bits per heavy atom. The predicted octanol–water partition coefficient (Wildman–Crippen LogP) is 3.54. The van der Waals surface area contributed by atoms with Gasteiger partial charge in [-0.2, -0.15) is 0 Å². The zero-order chi connectivity index (χ0) is 11.7. The molecule has 0 saturated carbocycles. The maximum Gasteiger partial charge on any atom is 0.0837 e. The molecule has 0 unspecified atom stereocenters. The molecule has 86 valence electrons. The van der Waals surface area contributed by atoms with Crippen molar-refractivity contribution in [3.05, 3.63) is 35.5 Å². The minimum absolute atomic E-state index is 0.704. The Labute approximate surface area is 102 Å². The van der Waals surface area contributed by atoms with Gasteiger partial charge in [-0.3, -0.25) is 0 Å². The zero-order valence-electron chi connectivity index (χ0n) is 10.1. The van der Waals surface area contributed by atoms with E-state index in [0.717, 1.165) is 0 Å². The van der Waals surface area contributed by atoms with E-state index in [9.17, 15) is 0 Å². The summed E-state index contributed by atoms with van der Waals surface area (Å²) in [6, 6.07) is 8.68. The number of fused-ring (bicyclic) bond motifs is 3. The van der Waals surface area contributed by atoms with Crippen LogP contribution in [0.1, 0.15) is 30.5 Å². The quantitative estimate of drug-likeness (QED) is 0.515. The second kappa shape index (κ2) is 4.30. The first-order chi connectivity index (χ1) is 8.42. The van der Waals surface area contributed by atoms with Crippen LogP contribution >= 0.6 is 0 Å². The Bertz CT molecular complexity index is 583. The molecule has 0 fully saturated rings. The van der Waals surface area contributed by atoms with Crippen molar-refractivity contribution in [2.75, 3.05) is 0 Å². The Kier molecular flexibility index (Phi) is 2.65. The topological polar surface area (TPSA) is 4.93 Å². The van der Waals surface area contributed by atoms with Crippen molar-refractivity contribution in [2.45, 2.75) is 38.6 Å². The summed E-state index contributed by atoms with van der Waals surface area (Å²) in [6.07, 6.45) is 11.9. The Morgan fingerprint density at radius 1 is 1.12 bits per heavy atom. The van der Waals surface area contributed by atoms with Crippen molar-refractivity contribution in [2.24, 2.45) is 0 Å². The highest BCUT2D eigenvalue weighted by molar-refractivity contribution is 5.85. The van der Waals surface area contributed by atoms with Crippen LogP contribution in [0.5, 0.6) is 0 Å². The molecule has 1 aromatic heterocycles. The Morgan fingerprint density at radius 3 is 2.82 bits per heavy atom. The zero-order valence-corrected chi connectivity index (χ0v) is 10.1. The maximum atomic E-state index is 5.51. The van der Waals surface area contributed by atoms with Crippen LogP contribution in [0.4, 0.5) is 0 Å². The number of aryl methyl sites for hydroxylation is 1. The fourth-order valence-electron chi connectivity index (χ4n) is 3.04. The summed E-state index contributed by atoms with van der Waals surface area (Å²) >= 11 is 0. The van der Waals surface area contributed by atoms with Crippen LogP contribution in [0.2, 0.25) is 0 Å². The van der Waals surface area contributed by atoms with Gasteiger partial charge in [0.05, 0.1) is 6.54 Å². The number of para-hydroxylation sites is 1. The lowest BCUT2D eigenvalue weighted by Crippen LogP contribution is -2.02. The minimum Gasteiger partial charge on any atom is -0.333 e. The average molecular weight is 223 g/mol. The van der Waals surface area contributed by atoms with E-state index in [1.165, 1.54) is 48.7 Å². The van der Waals surface area contributed by atoms with Crippen molar-refractivity contribution in [1.82, 2.24) is 4.57 Å². The van der Waals surface area contributed by atoms with Gasteiger partial charge in [0.25, 0.3) is 0 Å². The number of benzene rings is 1. The summed E-state index contributed by atoms with van der Waals surface area (Å²) in [5.74, 6) is 2.80. The molecule has 0 atom stereocenters. The molecule has 1 nitrogen and oxygen atoms in total. The molecule has 0 bridgehead atoms. The minimum atomic E-state index is 0.704. The summed E-state index contributed by atoms with van der Waals surface area (Å²) in [5, 5.41) is 1.42. The molecular weight excluding hydrogens is 206 g/mol. The van der Waals surface area contributed by atoms with Crippen molar-refractivity contribution in [3.63, 3.8) is 0 Å². The normalized spacial score (nSPS) is 15.2. The first-order valence-corrected chi connectivity index (χ1v) is 6.44. The molecule has 2 aromatic rings. The molecule has 0 aliphatic heterocycles. The smallest absolute Gasteiger partial charge is 0.0837 e. The fraction of sp³-hybridized carbons (Fsp3) is 0.375. The first-order valence-electron chi connectivity index (χ1n) is 6.44. The molecule has 0 amide bonds. The van der Waals surface area contributed by atoms with E-state index >= 15 is 0 Å². The van der Waals surface area contributed by atoms with E-state index in [4.69, 9.17) is 6.42 Å².